The average Bonchev–Trinajstić information content (AvgIpc) is 3.34. The zero-order chi connectivity index (χ0) is 25.7. The fourth-order valence-corrected chi connectivity index (χ4v) is 6.96. The van der Waals surface area contributed by atoms with Crippen molar-refractivity contribution in [2.24, 2.45) is 11.8 Å². The summed E-state index contributed by atoms with van der Waals surface area (Å²) in [5.41, 5.74) is 7.86. The van der Waals surface area contributed by atoms with Crippen LogP contribution in [-0.4, -0.2) is 14.4 Å². The summed E-state index contributed by atoms with van der Waals surface area (Å²) in [6, 6.07) is 21.4. The van der Waals surface area contributed by atoms with Gasteiger partial charge in [0, 0.05) is 40.4 Å². The van der Waals surface area contributed by atoms with Crippen molar-refractivity contribution in [3.05, 3.63) is 142 Å². The molecule has 0 aliphatic heterocycles. The zero-order valence-corrected chi connectivity index (χ0v) is 20.9. The molecule has 0 spiro atoms. The van der Waals surface area contributed by atoms with E-state index < -0.39 is 0 Å². The van der Waals surface area contributed by atoms with Gasteiger partial charge in [-0.05, 0) is 44.9 Å². The first-order valence-corrected chi connectivity index (χ1v) is 13.3. The molecule has 39 heavy (non-hydrogen) atoms. The van der Waals surface area contributed by atoms with E-state index in [4.69, 9.17) is 0 Å². The topological polar surface area (TPSA) is 47.3 Å². The highest BCUT2D eigenvalue weighted by atomic mass is 16.1. The van der Waals surface area contributed by atoms with Gasteiger partial charge in [-0.1, -0.05) is 91.1 Å². The number of rotatable bonds is 1. The van der Waals surface area contributed by atoms with Gasteiger partial charge in [-0.15, -0.1) is 0 Å². The Balaban J connectivity index is 1.28. The number of aromatic nitrogens is 3. The molecule has 0 saturated carbocycles. The van der Waals surface area contributed by atoms with Gasteiger partial charge >= 0.3 is 0 Å². The van der Waals surface area contributed by atoms with Gasteiger partial charge in [-0.25, -0.2) is 4.98 Å². The molecule has 0 N–H and O–H groups in total. The van der Waals surface area contributed by atoms with Gasteiger partial charge in [0.25, 0.3) is 5.56 Å². The Kier molecular flexibility index (Phi) is 4.01. The molecule has 9 rings (SSSR count). The van der Waals surface area contributed by atoms with Crippen LogP contribution in [0.4, 0.5) is 0 Å². The summed E-state index contributed by atoms with van der Waals surface area (Å²) in [6.07, 6.45) is 19.1. The van der Waals surface area contributed by atoms with Crippen molar-refractivity contribution < 1.29 is 0 Å². The zero-order valence-electron chi connectivity index (χ0n) is 20.9. The largest absolute Gasteiger partial charge is 0.283 e. The van der Waals surface area contributed by atoms with Crippen molar-refractivity contribution in [2.75, 3.05) is 0 Å². The number of hydrogen-bond donors (Lipinski definition) is 0. The maximum atomic E-state index is 13.6. The minimum atomic E-state index is -0.123. The van der Waals surface area contributed by atoms with Gasteiger partial charge in [0.15, 0.2) is 5.52 Å². The lowest BCUT2D eigenvalue weighted by Crippen LogP contribution is -2.39. The summed E-state index contributed by atoms with van der Waals surface area (Å²) in [6.45, 7) is 0. The predicted octanol–water partition coefficient (Wildman–Crippen LogP) is 5.31. The van der Waals surface area contributed by atoms with E-state index in [1.807, 2.05) is 16.5 Å². The maximum absolute atomic E-state index is 13.6. The molecule has 182 valence electrons. The molecule has 3 heterocycles. The van der Waals surface area contributed by atoms with Crippen molar-refractivity contribution in [3.63, 3.8) is 0 Å². The Hall–Kier alpha value is -5.09. The second kappa shape index (κ2) is 7.49. The highest BCUT2D eigenvalue weighted by Gasteiger charge is 2.30. The predicted molar refractivity (Wildman–Crippen MR) is 158 cm³/mol. The van der Waals surface area contributed by atoms with Crippen LogP contribution in [0.1, 0.15) is 5.56 Å². The van der Waals surface area contributed by atoms with Crippen LogP contribution in [-0.2, 0) is 0 Å². The highest BCUT2D eigenvalue weighted by Crippen LogP contribution is 2.41. The Morgan fingerprint density at radius 1 is 0.692 bits per heavy atom. The molecule has 4 nitrogen and oxygen atoms in total. The van der Waals surface area contributed by atoms with Gasteiger partial charge in [0.05, 0.1) is 11.0 Å². The molecule has 3 aromatic heterocycles. The number of nitrogens with zero attached hydrogens (tertiary/aromatic N) is 3. The molecule has 0 amide bonds. The van der Waals surface area contributed by atoms with Crippen molar-refractivity contribution in [1.82, 2.24) is 14.4 Å². The smallest absolute Gasteiger partial charge is 0.274 e. The third-order valence-electron chi connectivity index (χ3n) is 8.64. The number of benzene rings is 3. The Morgan fingerprint density at radius 2 is 1.49 bits per heavy atom. The van der Waals surface area contributed by atoms with Crippen LogP contribution >= 0.6 is 0 Å². The van der Waals surface area contributed by atoms with E-state index in [-0.39, 0.29) is 11.5 Å². The number of allylic oxidation sites excluding steroid dienone is 8. The van der Waals surface area contributed by atoms with Crippen LogP contribution in [0.25, 0.3) is 54.9 Å². The lowest BCUT2D eigenvalue weighted by Gasteiger charge is -2.32. The van der Waals surface area contributed by atoms with E-state index >= 15 is 0 Å². The number of fused-ring (bicyclic) bond motifs is 9. The molecule has 3 aliphatic carbocycles. The SMILES string of the molecule is O=c1c2nccnc2c2cccc3c4cc(C5=CC6C(=c7ccccc7=C7C=CC=CC76)C=C5)ccc4n1c32. The molecule has 0 fully saturated rings. The molecular weight excluding hydrogens is 478 g/mol. The molecule has 0 bridgehead atoms. The summed E-state index contributed by atoms with van der Waals surface area (Å²) in [4.78, 5) is 22.5. The number of hydrogen-bond acceptors (Lipinski definition) is 3. The van der Waals surface area contributed by atoms with Crippen molar-refractivity contribution in [3.8, 4) is 0 Å². The molecule has 4 heteroatoms. The van der Waals surface area contributed by atoms with E-state index in [1.165, 1.54) is 27.2 Å². The monoisotopic (exact) mass is 499 g/mol. The van der Waals surface area contributed by atoms with Crippen LogP contribution in [0.15, 0.2) is 120 Å². The van der Waals surface area contributed by atoms with Crippen molar-refractivity contribution >= 4 is 54.9 Å². The quantitative estimate of drug-likeness (QED) is 0.288. The first kappa shape index (κ1) is 20.9. The summed E-state index contributed by atoms with van der Waals surface area (Å²) in [5.74, 6) is 0.591. The van der Waals surface area contributed by atoms with Crippen LogP contribution in [0.3, 0.4) is 0 Å². The standard InChI is InChI=1S/C35H21N3O/c39-35-33-32(36-16-17-37-33)28-11-5-10-27-30-19-21(13-15-31(30)38(35)34(27)28)20-12-14-26-24-8-2-1-6-22(24)23-7-3-4-9-25(23)29(26)18-20/h1-19,25,29H. The van der Waals surface area contributed by atoms with Crippen LogP contribution in [0, 0.1) is 11.8 Å². The summed E-state index contributed by atoms with van der Waals surface area (Å²) in [7, 11) is 0. The molecule has 3 aliphatic rings. The summed E-state index contributed by atoms with van der Waals surface area (Å²) >= 11 is 0. The van der Waals surface area contributed by atoms with Crippen LogP contribution < -0.4 is 16.0 Å². The van der Waals surface area contributed by atoms with E-state index in [0.717, 1.165) is 32.8 Å². The first-order chi connectivity index (χ1) is 19.3. The number of para-hydroxylation sites is 1. The summed E-state index contributed by atoms with van der Waals surface area (Å²) < 4.78 is 1.82. The fraction of sp³-hybridized carbons (Fsp3) is 0.0571. The third-order valence-corrected chi connectivity index (χ3v) is 8.64. The Bertz CT molecular complexity index is 2370. The van der Waals surface area contributed by atoms with E-state index in [9.17, 15) is 4.79 Å². The van der Waals surface area contributed by atoms with Gasteiger partial charge < -0.3 is 0 Å². The van der Waals surface area contributed by atoms with Crippen molar-refractivity contribution in [2.45, 2.75) is 0 Å². The van der Waals surface area contributed by atoms with E-state index in [2.05, 4.69) is 101 Å². The van der Waals surface area contributed by atoms with Gasteiger partial charge in [0.2, 0.25) is 0 Å². The third kappa shape index (κ3) is 2.70. The second-order valence-electron chi connectivity index (χ2n) is 10.5. The molecule has 2 unspecified atom stereocenters. The van der Waals surface area contributed by atoms with Gasteiger partial charge in [-0.3, -0.25) is 14.2 Å². The number of pyridine rings is 1. The molecule has 0 radical (unpaired) electrons. The molecule has 3 aromatic carbocycles. The highest BCUT2D eigenvalue weighted by molar-refractivity contribution is 6.19. The minimum Gasteiger partial charge on any atom is -0.274 e. The Morgan fingerprint density at radius 3 is 2.36 bits per heavy atom. The minimum absolute atomic E-state index is 0.123. The Labute approximate surface area is 222 Å². The molecule has 6 aromatic rings. The van der Waals surface area contributed by atoms with Gasteiger partial charge in [-0.2, -0.15) is 0 Å². The maximum Gasteiger partial charge on any atom is 0.283 e. The normalized spacial score (nSPS) is 19.6. The fourth-order valence-electron chi connectivity index (χ4n) is 6.96. The lowest BCUT2D eigenvalue weighted by atomic mass is 9.71. The lowest BCUT2D eigenvalue weighted by molar-refractivity contribution is 0.696. The van der Waals surface area contributed by atoms with Crippen molar-refractivity contribution in [1.29, 1.82) is 0 Å². The second-order valence-corrected chi connectivity index (χ2v) is 10.5. The molecule has 2 atom stereocenters. The van der Waals surface area contributed by atoms with Gasteiger partial charge in [0.1, 0.15) is 5.52 Å². The van der Waals surface area contributed by atoms with Crippen LogP contribution in [0.2, 0.25) is 0 Å². The molecular formula is C35H21N3O. The molecule has 0 saturated heterocycles. The van der Waals surface area contributed by atoms with Crippen LogP contribution in [0.5, 0.6) is 0 Å². The van der Waals surface area contributed by atoms with E-state index in [0.29, 0.717) is 17.0 Å². The van der Waals surface area contributed by atoms with E-state index in [1.54, 1.807) is 12.4 Å². The first-order valence-electron chi connectivity index (χ1n) is 13.3. The summed E-state index contributed by atoms with van der Waals surface area (Å²) in [5, 5.41) is 5.73. The average molecular weight is 500 g/mol.